The highest BCUT2D eigenvalue weighted by Gasteiger charge is 2.21. The first kappa shape index (κ1) is 20.3. The summed E-state index contributed by atoms with van der Waals surface area (Å²) in [6, 6.07) is 21.0. The van der Waals surface area contributed by atoms with Crippen molar-refractivity contribution in [2.24, 2.45) is 0 Å². The molecular formula is C22H20N2O4S. The van der Waals surface area contributed by atoms with Crippen molar-refractivity contribution in [1.82, 2.24) is 0 Å². The second-order valence-electron chi connectivity index (χ2n) is 6.42. The Balaban J connectivity index is 1.74. The fourth-order valence-corrected chi connectivity index (χ4v) is 3.92. The van der Waals surface area contributed by atoms with E-state index < -0.39 is 10.0 Å². The smallest absolute Gasteiger partial charge is 0.264 e. The third-order valence-corrected chi connectivity index (χ3v) is 6.24. The Hall–Kier alpha value is -3.45. The second kappa shape index (κ2) is 8.28. The van der Waals surface area contributed by atoms with Gasteiger partial charge in [0.05, 0.1) is 10.6 Å². The largest absolute Gasteiger partial charge is 0.322 e. The van der Waals surface area contributed by atoms with Crippen molar-refractivity contribution < 1.29 is 18.0 Å². The maximum Gasteiger partial charge on any atom is 0.264 e. The molecule has 148 valence electrons. The third-order valence-electron chi connectivity index (χ3n) is 4.44. The van der Waals surface area contributed by atoms with Crippen molar-refractivity contribution >= 4 is 33.1 Å². The number of nitrogens with one attached hydrogen (secondary N) is 1. The average Bonchev–Trinajstić information content (AvgIpc) is 2.74. The van der Waals surface area contributed by atoms with Gasteiger partial charge in [-0.3, -0.25) is 13.9 Å². The van der Waals surface area contributed by atoms with Crippen molar-refractivity contribution in [3.05, 3.63) is 90.0 Å². The number of amides is 1. The van der Waals surface area contributed by atoms with Crippen LogP contribution in [0.4, 0.5) is 11.4 Å². The van der Waals surface area contributed by atoms with Crippen molar-refractivity contribution in [3.8, 4) is 0 Å². The highest BCUT2D eigenvalue weighted by molar-refractivity contribution is 7.92. The van der Waals surface area contributed by atoms with Gasteiger partial charge < -0.3 is 5.32 Å². The molecule has 0 spiro atoms. The molecule has 0 radical (unpaired) electrons. The van der Waals surface area contributed by atoms with Gasteiger partial charge in [-0.25, -0.2) is 8.42 Å². The van der Waals surface area contributed by atoms with Gasteiger partial charge >= 0.3 is 0 Å². The first-order chi connectivity index (χ1) is 13.8. The summed E-state index contributed by atoms with van der Waals surface area (Å²) in [5, 5.41) is 2.75. The third kappa shape index (κ3) is 4.52. The molecule has 0 fully saturated rings. The highest BCUT2D eigenvalue weighted by atomic mass is 32.2. The van der Waals surface area contributed by atoms with E-state index in [1.54, 1.807) is 66.7 Å². The summed E-state index contributed by atoms with van der Waals surface area (Å²) in [6.45, 7) is 1.48. The number of nitrogens with zero attached hydrogens (tertiary/aromatic N) is 1. The van der Waals surface area contributed by atoms with Gasteiger partial charge in [0.2, 0.25) is 0 Å². The molecule has 0 aliphatic rings. The normalized spacial score (nSPS) is 11.0. The number of benzene rings is 3. The van der Waals surface area contributed by atoms with Gasteiger partial charge in [0, 0.05) is 23.9 Å². The van der Waals surface area contributed by atoms with E-state index in [9.17, 15) is 18.0 Å². The Morgan fingerprint density at radius 2 is 1.34 bits per heavy atom. The number of sulfonamides is 1. The van der Waals surface area contributed by atoms with Gasteiger partial charge in [0.15, 0.2) is 5.78 Å². The molecule has 3 rings (SSSR count). The van der Waals surface area contributed by atoms with Crippen LogP contribution in [0.25, 0.3) is 0 Å². The molecule has 1 amide bonds. The van der Waals surface area contributed by atoms with Gasteiger partial charge in [-0.05, 0) is 67.6 Å². The predicted octanol–water partition coefficient (Wildman–Crippen LogP) is 3.97. The molecule has 0 atom stereocenters. The van der Waals surface area contributed by atoms with E-state index in [0.29, 0.717) is 22.5 Å². The SMILES string of the molecule is CC(=O)c1ccc(NC(=O)c2ccc(N(C)S(=O)(=O)c3ccccc3)cc2)cc1. The van der Waals surface area contributed by atoms with E-state index >= 15 is 0 Å². The number of carbonyl (C=O) groups is 2. The Bertz CT molecular complexity index is 1120. The maximum atomic E-state index is 12.7. The Kier molecular flexibility index (Phi) is 5.79. The summed E-state index contributed by atoms with van der Waals surface area (Å²) < 4.78 is 26.6. The lowest BCUT2D eigenvalue weighted by molar-refractivity contribution is 0.101. The quantitative estimate of drug-likeness (QED) is 0.626. The topological polar surface area (TPSA) is 83.6 Å². The number of hydrogen-bond acceptors (Lipinski definition) is 4. The monoisotopic (exact) mass is 408 g/mol. The molecule has 0 aromatic heterocycles. The van der Waals surface area contributed by atoms with E-state index in [4.69, 9.17) is 0 Å². The molecule has 0 unspecified atom stereocenters. The van der Waals surface area contributed by atoms with Gasteiger partial charge in [-0.15, -0.1) is 0 Å². The van der Waals surface area contributed by atoms with Crippen LogP contribution < -0.4 is 9.62 Å². The summed E-state index contributed by atoms with van der Waals surface area (Å²) in [6.07, 6.45) is 0. The number of hydrogen-bond donors (Lipinski definition) is 1. The van der Waals surface area contributed by atoms with Crippen LogP contribution >= 0.6 is 0 Å². The molecule has 1 N–H and O–H groups in total. The number of rotatable bonds is 6. The number of carbonyl (C=O) groups excluding carboxylic acids is 2. The first-order valence-corrected chi connectivity index (χ1v) is 10.3. The number of Topliss-reactive ketones (excluding diaryl/α,β-unsaturated/α-hetero) is 1. The van der Waals surface area contributed by atoms with Crippen LogP contribution in [-0.4, -0.2) is 27.2 Å². The summed E-state index contributed by atoms with van der Waals surface area (Å²) in [4.78, 5) is 23.9. The van der Waals surface area contributed by atoms with Crippen molar-refractivity contribution in [2.75, 3.05) is 16.7 Å². The molecule has 6 nitrogen and oxygen atoms in total. The van der Waals surface area contributed by atoms with Crippen LogP contribution in [0, 0.1) is 0 Å². The van der Waals surface area contributed by atoms with Gasteiger partial charge in [-0.2, -0.15) is 0 Å². The van der Waals surface area contributed by atoms with E-state index in [2.05, 4.69) is 5.32 Å². The number of ketones is 1. The van der Waals surface area contributed by atoms with Crippen LogP contribution in [0.5, 0.6) is 0 Å². The predicted molar refractivity (Wildman–Crippen MR) is 113 cm³/mol. The van der Waals surface area contributed by atoms with Crippen LogP contribution in [0.15, 0.2) is 83.8 Å². The van der Waals surface area contributed by atoms with E-state index in [1.807, 2.05) is 0 Å². The molecule has 0 aliphatic carbocycles. The Morgan fingerprint density at radius 1 is 0.793 bits per heavy atom. The van der Waals surface area contributed by atoms with E-state index in [1.165, 1.54) is 30.4 Å². The minimum absolute atomic E-state index is 0.0481. The van der Waals surface area contributed by atoms with E-state index in [0.717, 1.165) is 0 Å². The lowest BCUT2D eigenvalue weighted by Crippen LogP contribution is -2.26. The zero-order valence-corrected chi connectivity index (χ0v) is 16.8. The average molecular weight is 408 g/mol. The van der Waals surface area contributed by atoms with Gasteiger partial charge in [-0.1, -0.05) is 18.2 Å². The molecule has 3 aromatic rings. The molecule has 0 heterocycles. The summed E-state index contributed by atoms with van der Waals surface area (Å²) >= 11 is 0. The van der Waals surface area contributed by atoms with Gasteiger partial charge in [0.25, 0.3) is 15.9 Å². The lowest BCUT2D eigenvalue weighted by atomic mass is 10.1. The molecule has 29 heavy (non-hydrogen) atoms. The lowest BCUT2D eigenvalue weighted by Gasteiger charge is -2.19. The van der Waals surface area contributed by atoms with Crippen molar-refractivity contribution in [1.29, 1.82) is 0 Å². The standard InChI is InChI=1S/C22H20N2O4S/c1-16(25)17-8-12-19(13-9-17)23-22(26)18-10-14-20(15-11-18)24(2)29(27,28)21-6-4-3-5-7-21/h3-15H,1-2H3,(H,23,26). The van der Waals surface area contributed by atoms with Gasteiger partial charge in [0.1, 0.15) is 0 Å². The zero-order valence-electron chi connectivity index (χ0n) is 16.0. The molecule has 0 saturated heterocycles. The first-order valence-electron chi connectivity index (χ1n) is 8.85. The molecule has 0 aliphatic heterocycles. The van der Waals surface area contributed by atoms with Crippen LogP contribution in [-0.2, 0) is 10.0 Å². The van der Waals surface area contributed by atoms with Crippen LogP contribution in [0.3, 0.4) is 0 Å². The summed E-state index contributed by atoms with van der Waals surface area (Å²) in [7, 11) is -2.21. The molecule has 3 aromatic carbocycles. The minimum atomic E-state index is -3.68. The fraction of sp³-hybridized carbons (Fsp3) is 0.0909. The highest BCUT2D eigenvalue weighted by Crippen LogP contribution is 2.22. The second-order valence-corrected chi connectivity index (χ2v) is 8.39. The number of anilines is 2. The fourth-order valence-electron chi connectivity index (χ4n) is 2.70. The molecule has 0 bridgehead atoms. The van der Waals surface area contributed by atoms with Crippen molar-refractivity contribution in [2.45, 2.75) is 11.8 Å². The Morgan fingerprint density at radius 3 is 1.90 bits per heavy atom. The van der Waals surface area contributed by atoms with Crippen LogP contribution in [0.2, 0.25) is 0 Å². The van der Waals surface area contributed by atoms with Crippen molar-refractivity contribution in [3.63, 3.8) is 0 Å². The molecule has 0 saturated carbocycles. The van der Waals surface area contributed by atoms with E-state index in [-0.39, 0.29) is 16.6 Å². The summed E-state index contributed by atoms with van der Waals surface area (Å²) in [5.74, 6) is -0.381. The van der Waals surface area contributed by atoms with Crippen LogP contribution in [0.1, 0.15) is 27.6 Å². The zero-order chi connectivity index (χ0) is 21.0. The minimum Gasteiger partial charge on any atom is -0.322 e. The molecular weight excluding hydrogens is 388 g/mol. The summed E-state index contributed by atoms with van der Waals surface area (Å²) in [5.41, 5.74) is 1.95. The molecule has 7 heteroatoms. The Labute approximate surface area is 169 Å². The maximum absolute atomic E-state index is 12.7.